The molecule has 0 heterocycles. The molecule has 0 saturated carbocycles. The molecular formula is C15H13F3N2. The smallest absolute Gasteiger partial charge is 0.160 e. The van der Waals surface area contributed by atoms with Crippen molar-refractivity contribution in [3.8, 4) is 0 Å². The van der Waals surface area contributed by atoms with E-state index in [0.717, 1.165) is 12.1 Å². The summed E-state index contributed by atoms with van der Waals surface area (Å²) in [7, 11) is 0. The van der Waals surface area contributed by atoms with Crippen LogP contribution in [0.15, 0.2) is 41.4 Å². The van der Waals surface area contributed by atoms with E-state index in [1.165, 1.54) is 18.2 Å². The van der Waals surface area contributed by atoms with Crippen LogP contribution in [0.1, 0.15) is 5.56 Å². The molecule has 2 rings (SSSR count). The number of halogens is 3. The van der Waals surface area contributed by atoms with Crippen molar-refractivity contribution < 1.29 is 13.2 Å². The van der Waals surface area contributed by atoms with Gasteiger partial charge in [0.15, 0.2) is 11.6 Å². The second-order valence-corrected chi connectivity index (χ2v) is 4.24. The Morgan fingerprint density at radius 1 is 1.00 bits per heavy atom. The van der Waals surface area contributed by atoms with Crippen molar-refractivity contribution >= 4 is 18.1 Å². The maximum atomic E-state index is 13.2. The molecule has 0 aromatic heterocycles. The van der Waals surface area contributed by atoms with Crippen LogP contribution in [0.2, 0.25) is 0 Å². The molecule has 0 radical (unpaired) electrons. The average molecular weight is 278 g/mol. The van der Waals surface area contributed by atoms with E-state index in [9.17, 15) is 13.2 Å². The van der Waals surface area contributed by atoms with Gasteiger partial charge in [-0.15, -0.1) is 0 Å². The lowest BCUT2D eigenvalue weighted by atomic mass is 10.1. The molecule has 0 spiro atoms. The lowest BCUT2D eigenvalue weighted by Crippen LogP contribution is -2.05. The Hall–Kier alpha value is -2.30. The zero-order chi connectivity index (χ0) is 14.5. The predicted molar refractivity (Wildman–Crippen MR) is 74.2 cm³/mol. The standard InChI is InChI=1S/C15H13F3N2/c1-19-15-5-2-11(16)8-10(15)6-7-20-12-3-4-13(17)14(18)9-12/h2-5,8-9,20H,1,6-7H2. The van der Waals surface area contributed by atoms with E-state index in [1.54, 1.807) is 6.07 Å². The molecular weight excluding hydrogens is 265 g/mol. The number of aliphatic imine (C=N–C) groups is 1. The Balaban J connectivity index is 2.00. The second kappa shape index (κ2) is 6.23. The Labute approximate surface area is 115 Å². The minimum Gasteiger partial charge on any atom is -0.385 e. The molecule has 0 fully saturated rings. The van der Waals surface area contributed by atoms with Crippen LogP contribution in [0, 0.1) is 17.5 Å². The summed E-state index contributed by atoms with van der Waals surface area (Å²) in [6, 6.07) is 7.82. The van der Waals surface area contributed by atoms with Crippen molar-refractivity contribution in [2.75, 3.05) is 11.9 Å². The van der Waals surface area contributed by atoms with Gasteiger partial charge in [0, 0.05) is 12.2 Å². The summed E-state index contributed by atoms with van der Waals surface area (Å²) in [6.07, 6.45) is 0.491. The van der Waals surface area contributed by atoms with E-state index in [1.807, 2.05) is 0 Å². The van der Waals surface area contributed by atoms with Crippen molar-refractivity contribution in [2.45, 2.75) is 6.42 Å². The third kappa shape index (κ3) is 3.38. The second-order valence-electron chi connectivity index (χ2n) is 4.24. The minimum absolute atomic E-state index is 0.347. The van der Waals surface area contributed by atoms with Crippen molar-refractivity contribution in [3.05, 3.63) is 59.4 Å². The largest absolute Gasteiger partial charge is 0.385 e. The van der Waals surface area contributed by atoms with Crippen LogP contribution in [0.25, 0.3) is 0 Å². The molecule has 0 bridgehead atoms. The van der Waals surface area contributed by atoms with E-state index < -0.39 is 11.6 Å². The van der Waals surface area contributed by atoms with Gasteiger partial charge in [-0.3, -0.25) is 4.99 Å². The van der Waals surface area contributed by atoms with Crippen molar-refractivity contribution in [3.63, 3.8) is 0 Å². The van der Waals surface area contributed by atoms with Crippen LogP contribution < -0.4 is 5.32 Å². The van der Waals surface area contributed by atoms with E-state index >= 15 is 0 Å². The SMILES string of the molecule is C=Nc1ccc(F)cc1CCNc1ccc(F)c(F)c1. The molecule has 0 atom stereocenters. The topological polar surface area (TPSA) is 24.4 Å². The monoisotopic (exact) mass is 278 g/mol. The average Bonchev–Trinajstić information content (AvgIpc) is 2.43. The van der Waals surface area contributed by atoms with Crippen molar-refractivity contribution in [1.82, 2.24) is 0 Å². The minimum atomic E-state index is -0.908. The normalized spacial score (nSPS) is 10.3. The Morgan fingerprint density at radius 2 is 1.80 bits per heavy atom. The number of hydrogen-bond donors (Lipinski definition) is 1. The van der Waals surface area contributed by atoms with Crippen LogP contribution in [0.5, 0.6) is 0 Å². The molecule has 0 saturated heterocycles. The van der Waals surface area contributed by atoms with Gasteiger partial charge in [0.05, 0.1) is 5.69 Å². The van der Waals surface area contributed by atoms with Gasteiger partial charge in [-0.1, -0.05) is 0 Å². The summed E-state index contributed by atoms with van der Waals surface area (Å²) in [5, 5.41) is 2.94. The van der Waals surface area contributed by atoms with E-state index in [2.05, 4.69) is 17.0 Å². The summed E-state index contributed by atoms with van der Waals surface area (Å²) >= 11 is 0. The zero-order valence-electron chi connectivity index (χ0n) is 10.7. The summed E-state index contributed by atoms with van der Waals surface area (Å²) in [4.78, 5) is 3.81. The number of nitrogens with zero attached hydrogens (tertiary/aromatic N) is 1. The van der Waals surface area contributed by atoms with Gasteiger partial charge in [0.2, 0.25) is 0 Å². The highest BCUT2D eigenvalue weighted by Crippen LogP contribution is 2.20. The van der Waals surface area contributed by atoms with Crippen LogP contribution >= 0.6 is 0 Å². The van der Waals surface area contributed by atoms with Gasteiger partial charge in [-0.05, 0) is 55.1 Å². The third-order valence-electron chi connectivity index (χ3n) is 2.85. The van der Waals surface area contributed by atoms with Gasteiger partial charge in [0.25, 0.3) is 0 Å². The van der Waals surface area contributed by atoms with Crippen LogP contribution in [0.4, 0.5) is 24.5 Å². The maximum absolute atomic E-state index is 13.2. The first-order valence-corrected chi connectivity index (χ1v) is 6.04. The fourth-order valence-corrected chi connectivity index (χ4v) is 1.86. The lowest BCUT2D eigenvalue weighted by Gasteiger charge is -2.09. The highest BCUT2D eigenvalue weighted by atomic mass is 19.2. The first kappa shape index (κ1) is 14.1. The van der Waals surface area contributed by atoms with Crippen molar-refractivity contribution in [2.24, 2.45) is 4.99 Å². The van der Waals surface area contributed by atoms with E-state index in [-0.39, 0.29) is 5.82 Å². The molecule has 0 unspecified atom stereocenters. The predicted octanol–water partition coefficient (Wildman–Crippen LogP) is 4.09. The number of nitrogens with one attached hydrogen (secondary N) is 1. The van der Waals surface area contributed by atoms with Gasteiger partial charge >= 0.3 is 0 Å². The molecule has 0 aliphatic heterocycles. The molecule has 2 aromatic rings. The first-order valence-electron chi connectivity index (χ1n) is 6.04. The molecule has 0 aliphatic rings. The molecule has 0 amide bonds. The number of rotatable bonds is 5. The summed E-state index contributed by atoms with van der Waals surface area (Å²) in [5.41, 5.74) is 1.78. The van der Waals surface area contributed by atoms with Crippen molar-refractivity contribution in [1.29, 1.82) is 0 Å². The number of anilines is 1. The molecule has 20 heavy (non-hydrogen) atoms. The molecule has 0 aliphatic carbocycles. The highest BCUT2D eigenvalue weighted by molar-refractivity contribution is 5.52. The number of hydrogen-bond acceptors (Lipinski definition) is 2. The van der Waals surface area contributed by atoms with Crippen LogP contribution in [-0.2, 0) is 6.42 Å². The molecule has 1 N–H and O–H groups in total. The summed E-state index contributed by atoms with van der Waals surface area (Å²) in [5.74, 6) is -2.15. The Bertz CT molecular complexity index is 627. The Morgan fingerprint density at radius 3 is 2.50 bits per heavy atom. The maximum Gasteiger partial charge on any atom is 0.160 e. The van der Waals surface area contributed by atoms with Gasteiger partial charge in [0.1, 0.15) is 5.82 Å². The van der Waals surface area contributed by atoms with Gasteiger partial charge in [-0.25, -0.2) is 13.2 Å². The number of benzene rings is 2. The molecule has 2 aromatic carbocycles. The fraction of sp³-hybridized carbons (Fsp3) is 0.133. The molecule has 2 nitrogen and oxygen atoms in total. The summed E-state index contributed by atoms with van der Waals surface area (Å²) in [6.45, 7) is 3.87. The molecule has 104 valence electrons. The van der Waals surface area contributed by atoms with Crippen LogP contribution in [0.3, 0.4) is 0 Å². The highest BCUT2D eigenvalue weighted by Gasteiger charge is 2.04. The molecule has 5 heteroatoms. The first-order chi connectivity index (χ1) is 9.60. The quantitative estimate of drug-likeness (QED) is 0.818. The van der Waals surface area contributed by atoms with Gasteiger partial charge < -0.3 is 5.32 Å². The fourth-order valence-electron chi connectivity index (χ4n) is 1.86. The zero-order valence-corrected chi connectivity index (χ0v) is 10.7. The van der Waals surface area contributed by atoms with Gasteiger partial charge in [-0.2, -0.15) is 0 Å². The van der Waals surface area contributed by atoms with Crippen LogP contribution in [-0.4, -0.2) is 13.3 Å². The van der Waals surface area contributed by atoms with E-state index in [0.29, 0.717) is 29.9 Å². The van der Waals surface area contributed by atoms with E-state index in [4.69, 9.17) is 0 Å². The Kier molecular flexibility index (Phi) is 4.40. The third-order valence-corrected chi connectivity index (χ3v) is 2.85. The summed E-state index contributed by atoms with van der Waals surface area (Å²) < 4.78 is 38.9. The lowest BCUT2D eigenvalue weighted by molar-refractivity contribution is 0.509.